The van der Waals surface area contributed by atoms with Gasteiger partial charge in [0.25, 0.3) is 0 Å². The highest BCUT2D eigenvalue weighted by Crippen LogP contribution is 2.37. The quantitative estimate of drug-likeness (QED) is 0.596. The normalized spacial score (nSPS) is 27.6. The van der Waals surface area contributed by atoms with Crippen LogP contribution < -0.4 is 11.1 Å². The molecule has 5 nitrogen and oxygen atoms in total. The summed E-state index contributed by atoms with van der Waals surface area (Å²) in [4.78, 5) is 11.6. The molecule has 1 amide bonds. The summed E-state index contributed by atoms with van der Waals surface area (Å²) in [5.41, 5.74) is 5.02. The summed E-state index contributed by atoms with van der Waals surface area (Å²) < 4.78 is 10.7. The van der Waals surface area contributed by atoms with E-state index in [1.165, 1.54) is 0 Å². The van der Waals surface area contributed by atoms with Crippen molar-refractivity contribution in [2.75, 3.05) is 33.5 Å². The largest absolute Gasteiger partial charge is 0.379 e. The summed E-state index contributed by atoms with van der Waals surface area (Å²) in [6.07, 6.45) is 3.80. The topological polar surface area (TPSA) is 73.6 Å². The Morgan fingerprint density at radius 2 is 2.11 bits per heavy atom. The van der Waals surface area contributed by atoms with Crippen LogP contribution in [0.25, 0.3) is 0 Å². The molecule has 0 spiro atoms. The van der Waals surface area contributed by atoms with Gasteiger partial charge in [-0.05, 0) is 39.2 Å². The van der Waals surface area contributed by atoms with Gasteiger partial charge in [0, 0.05) is 13.2 Å². The molecule has 0 bridgehead atoms. The van der Waals surface area contributed by atoms with Gasteiger partial charge >= 0.3 is 0 Å². The van der Waals surface area contributed by atoms with Gasteiger partial charge in [-0.1, -0.05) is 6.42 Å². The third-order valence-electron chi connectivity index (χ3n) is 3.89. The molecule has 0 radical (unpaired) electrons. The summed E-state index contributed by atoms with van der Waals surface area (Å²) in [7, 11) is 1.82. The van der Waals surface area contributed by atoms with Gasteiger partial charge in [0.1, 0.15) is 5.54 Å². The summed E-state index contributed by atoms with van der Waals surface area (Å²) in [5, 5.41) is 3.13. The second-order valence-electron chi connectivity index (χ2n) is 4.77. The third kappa shape index (κ3) is 3.67. The number of ether oxygens (including phenoxy) is 2. The Morgan fingerprint density at radius 3 is 2.72 bits per heavy atom. The second kappa shape index (κ2) is 7.71. The number of amides is 1. The number of primary amides is 1. The lowest BCUT2D eigenvalue weighted by Gasteiger charge is -2.32. The first-order valence-corrected chi connectivity index (χ1v) is 6.81. The second-order valence-corrected chi connectivity index (χ2v) is 4.77. The van der Waals surface area contributed by atoms with Crippen molar-refractivity contribution >= 4 is 5.91 Å². The Kier molecular flexibility index (Phi) is 6.60. The number of carbonyl (C=O) groups excluding carboxylic acids is 1. The number of carbonyl (C=O) groups is 1. The minimum Gasteiger partial charge on any atom is -0.379 e. The van der Waals surface area contributed by atoms with Crippen molar-refractivity contribution < 1.29 is 14.3 Å². The Labute approximate surface area is 109 Å². The summed E-state index contributed by atoms with van der Waals surface area (Å²) in [5.74, 6) is 0.0499. The Bertz CT molecular complexity index is 261. The molecule has 106 valence electrons. The Morgan fingerprint density at radius 1 is 1.39 bits per heavy atom. The maximum atomic E-state index is 11.6. The molecule has 1 saturated carbocycles. The number of nitrogens with two attached hydrogens (primary N) is 1. The van der Waals surface area contributed by atoms with Crippen LogP contribution in [0.1, 0.15) is 32.6 Å². The van der Waals surface area contributed by atoms with Crippen molar-refractivity contribution in [1.29, 1.82) is 0 Å². The lowest BCUT2D eigenvalue weighted by Crippen LogP contribution is -2.56. The SMILES string of the molecule is CCOCCOCCC1CCCC1(NC)C(N)=O. The van der Waals surface area contributed by atoms with Gasteiger partial charge in [-0.3, -0.25) is 4.79 Å². The van der Waals surface area contributed by atoms with Gasteiger partial charge in [0.05, 0.1) is 13.2 Å². The highest BCUT2D eigenvalue weighted by atomic mass is 16.5. The third-order valence-corrected chi connectivity index (χ3v) is 3.89. The van der Waals surface area contributed by atoms with Crippen LogP contribution in [0, 0.1) is 5.92 Å². The van der Waals surface area contributed by atoms with E-state index in [-0.39, 0.29) is 11.8 Å². The summed E-state index contributed by atoms with van der Waals surface area (Å²) in [6, 6.07) is 0. The minimum atomic E-state index is -0.525. The average molecular weight is 258 g/mol. The molecule has 2 unspecified atom stereocenters. The molecule has 0 saturated heterocycles. The van der Waals surface area contributed by atoms with Gasteiger partial charge in [0.2, 0.25) is 5.91 Å². The zero-order valence-electron chi connectivity index (χ0n) is 11.5. The first-order chi connectivity index (χ1) is 8.67. The highest BCUT2D eigenvalue weighted by molar-refractivity contribution is 5.85. The molecular weight excluding hydrogens is 232 g/mol. The molecule has 3 N–H and O–H groups in total. The lowest BCUT2D eigenvalue weighted by atomic mass is 9.84. The highest BCUT2D eigenvalue weighted by Gasteiger charge is 2.46. The molecular formula is C13H26N2O3. The van der Waals surface area contributed by atoms with E-state index in [9.17, 15) is 4.79 Å². The molecule has 2 atom stereocenters. The standard InChI is InChI=1S/C13H26N2O3/c1-3-17-9-10-18-8-6-11-5-4-7-13(11,15-2)12(14)16/h11,15H,3-10H2,1-2H3,(H2,14,16). The molecule has 0 aliphatic heterocycles. The molecule has 1 rings (SSSR count). The zero-order valence-corrected chi connectivity index (χ0v) is 11.5. The fourth-order valence-corrected chi connectivity index (χ4v) is 2.84. The van der Waals surface area contributed by atoms with E-state index in [1.54, 1.807) is 0 Å². The number of hydrogen-bond donors (Lipinski definition) is 2. The van der Waals surface area contributed by atoms with E-state index >= 15 is 0 Å². The van der Waals surface area contributed by atoms with E-state index < -0.39 is 5.54 Å². The van der Waals surface area contributed by atoms with Crippen LogP contribution in [-0.2, 0) is 14.3 Å². The Hall–Kier alpha value is -0.650. The fourth-order valence-electron chi connectivity index (χ4n) is 2.84. The van der Waals surface area contributed by atoms with Crippen LogP contribution in [0.3, 0.4) is 0 Å². The maximum absolute atomic E-state index is 11.6. The van der Waals surface area contributed by atoms with Crippen molar-refractivity contribution in [2.24, 2.45) is 11.7 Å². The van der Waals surface area contributed by atoms with Crippen molar-refractivity contribution in [3.05, 3.63) is 0 Å². The van der Waals surface area contributed by atoms with Gasteiger partial charge in [-0.25, -0.2) is 0 Å². The monoisotopic (exact) mass is 258 g/mol. The predicted molar refractivity (Wildman–Crippen MR) is 70.3 cm³/mol. The summed E-state index contributed by atoms with van der Waals surface area (Å²) in [6.45, 7) is 4.59. The van der Waals surface area contributed by atoms with Gasteiger partial charge in [0.15, 0.2) is 0 Å². The van der Waals surface area contributed by atoms with Crippen molar-refractivity contribution in [2.45, 2.75) is 38.1 Å². The number of nitrogens with one attached hydrogen (secondary N) is 1. The molecule has 5 heteroatoms. The fraction of sp³-hybridized carbons (Fsp3) is 0.923. The van der Waals surface area contributed by atoms with E-state index in [1.807, 2.05) is 14.0 Å². The Balaban J connectivity index is 2.30. The molecule has 0 aromatic rings. The lowest BCUT2D eigenvalue weighted by molar-refractivity contribution is -0.126. The van der Waals surface area contributed by atoms with Gasteiger partial charge in [-0.15, -0.1) is 0 Å². The molecule has 0 aromatic carbocycles. The zero-order chi connectivity index (χ0) is 13.4. The van der Waals surface area contributed by atoms with E-state index in [0.29, 0.717) is 19.8 Å². The average Bonchev–Trinajstić information content (AvgIpc) is 2.77. The smallest absolute Gasteiger partial charge is 0.238 e. The van der Waals surface area contributed by atoms with Crippen LogP contribution in [0.2, 0.25) is 0 Å². The molecule has 1 fully saturated rings. The van der Waals surface area contributed by atoms with Crippen molar-refractivity contribution in [1.82, 2.24) is 5.32 Å². The number of likely N-dealkylation sites (N-methyl/N-ethyl adjacent to an activating group) is 1. The van der Waals surface area contributed by atoms with Crippen LogP contribution in [-0.4, -0.2) is 44.9 Å². The summed E-state index contributed by atoms with van der Waals surface area (Å²) >= 11 is 0. The first kappa shape index (κ1) is 15.4. The van der Waals surface area contributed by atoms with Crippen LogP contribution >= 0.6 is 0 Å². The van der Waals surface area contributed by atoms with E-state index in [2.05, 4.69) is 5.32 Å². The molecule has 0 aromatic heterocycles. The van der Waals surface area contributed by atoms with Crippen molar-refractivity contribution in [3.8, 4) is 0 Å². The van der Waals surface area contributed by atoms with Gasteiger partial charge in [-0.2, -0.15) is 0 Å². The minimum absolute atomic E-state index is 0.234. The van der Waals surface area contributed by atoms with Crippen LogP contribution in [0.4, 0.5) is 0 Å². The van der Waals surface area contributed by atoms with Crippen LogP contribution in [0.15, 0.2) is 0 Å². The number of rotatable bonds is 9. The molecule has 0 heterocycles. The molecule has 18 heavy (non-hydrogen) atoms. The predicted octanol–water partition coefficient (Wildman–Crippen LogP) is 0.673. The molecule has 1 aliphatic carbocycles. The number of hydrogen-bond acceptors (Lipinski definition) is 4. The van der Waals surface area contributed by atoms with Crippen LogP contribution in [0.5, 0.6) is 0 Å². The van der Waals surface area contributed by atoms with Gasteiger partial charge < -0.3 is 20.5 Å². The maximum Gasteiger partial charge on any atom is 0.238 e. The van der Waals surface area contributed by atoms with E-state index in [4.69, 9.17) is 15.2 Å². The molecule has 1 aliphatic rings. The van der Waals surface area contributed by atoms with Crippen molar-refractivity contribution in [3.63, 3.8) is 0 Å². The van der Waals surface area contributed by atoms with E-state index in [0.717, 1.165) is 32.3 Å². The first-order valence-electron chi connectivity index (χ1n) is 6.81.